The van der Waals surface area contributed by atoms with Crippen LogP contribution in [-0.2, 0) is 14.9 Å². The van der Waals surface area contributed by atoms with E-state index in [1.165, 1.54) is 12.1 Å². The molecule has 0 amide bonds. The Hall–Kier alpha value is -3.16. The average molecular weight is 411 g/mol. The maximum atomic E-state index is 11.9. The van der Waals surface area contributed by atoms with Gasteiger partial charge in [0.05, 0.1) is 4.90 Å². The van der Waals surface area contributed by atoms with E-state index < -0.39 is 10.1 Å². The molecule has 6 nitrogen and oxygen atoms in total. The van der Waals surface area contributed by atoms with Crippen LogP contribution in [0.15, 0.2) is 72.1 Å². The molecule has 0 heterocycles. The third-order valence-corrected chi connectivity index (χ3v) is 5.19. The lowest BCUT2D eigenvalue weighted by Crippen LogP contribution is -2.10. The molecular weight excluding hydrogens is 390 g/mol. The van der Waals surface area contributed by atoms with Gasteiger partial charge in [0.1, 0.15) is 5.75 Å². The zero-order chi connectivity index (χ0) is 20.9. The van der Waals surface area contributed by atoms with Crippen molar-refractivity contribution in [3.63, 3.8) is 0 Å². The van der Waals surface area contributed by atoms with Gasteiger partial charge in [-0.3, -0.25) is 9.35 Å². The van der Waals surface area contributed by atoms with Crippen molar-refractivity contribution >= 4 is 38.6 Å². The molecule has 0 bridgehead atoms. The fraction of sp³-hybridized carbons (Fsp3) is 0.136. The van der Waals surface area contributed by atoms with Gasteiger partial charge < -0.3 is 10.1 Å². The predicted octanol–water partition coefficient (Wildman–Crippen LogP) is 4.53. The fourth-order valence-corrected chi connectivity index (χ4v) is 3.33. The van der Waals surface area contributed by atoms with Gasteiger partial charge in [-0.15, -0.1) is 0 Å². The van der Waals surface area contributed by atoms with E-state index in [0.717, 1.165) is 16.6 Å². The average Bonchev–Trinajstić information content (AvgIpc) is 2.70. The lowest BCUT2D eigenvalue weighted by atomic mass is 10.1. The molecule has 0 aliphatic rings. The maximum Gasteiger partial charge on any atom is 0.311 e. The summed E-state index contributed by atoms with van der Waals surface area (Å²) in [5.41, 5.74) is 1.81. The Bertz CT molecular complexity index is 1140. The van der Waals surface area contributed by atoms with Crippen LogP contribution in [0.25, 0.3) is 16.8 Å². The van der Waals surface area contributed by atoms with Crippen molar-refractivity contribution in [3.8, 4) is 5.75 Å². The highest BCUT2D eigenvalue weighted by molar-refractivity contribution is 7.85. The molecule has 0 fully saturated rings. The highest BCUT2D eigenvalue weighted by Crippen LogP contribution is 2.22. The van der Waals surface area contributed by atoms with E-state index in [-0.39, 0.29) is 17.3 Å². The lowest BCUT2D eigenvalue weighted by Gasteiger charge is -2.09. The third-order valence-electron chi connectivity index (χ3n) is 4.34. The maximum absolute atomic E-state index is 11.9. The number of carbonyl (C=O) groups excluding carboxylic acids is 1. The van der Waals surface area contributed by atoms with Crippen molar-refractivity contribution < 1.29 is 22.5 Å². The van der Waals surface area contributed by atoms with Gasteiger partial charge in [-0.25, -0.2) is 0 Å². The van der Waals surface area contributed by atoms with Crippen molar-refractivity contribution in [1.82, 2.24) is 0 Å². The number of benzene rings is 3. The van der Waals surface area contributed by atoms with Crippen LogP contribution in [0.1, 0.15) is 18.4 Å². The molecule has 0 aromatic heterocycles. The zero-order valence-corrected chi connectivity index (χ0v) is 16.5. The monoisotopic (exact) mass is 411 g/mol. The van der Waals surface area contributed by atoms with E-state index in [1.54, 1.807) is 30.3 Å². The van der Waals surface area contributed by atoms with Crippen molar-refractivity contribution in [1.29, 1.82) is 0 Å². The Labute approximate surface area is 169 Å². The van der Waals surface area contributed by atoms with Gasteiger partial charge >= 0.3 is 5.97 Å². The van der Waals surface area contributed by atoms with Crippen LogP contribution < -0.4 is 10.1 Å². The van der Waals surface area contributed by atoms with E-state index in [0.29, 0.717) is 24.1 Å². The zero-order valence-electron chi connectivity index (χ0n) is 15.7. The summed E-state index contributed by atoms with van der Waals surface area (Å²) in [5, 5.41) is 4.77. The van der Waals surface area contributed by atoms with Crippen molar-refractivity contribution in [2.24, 2.45) is 0 Å². The van der Waals surface area contributed by atoms with Gasteiger partial charge in [-0.2, -0.15) is 8.42 Å². The molecule has 3 aromatic rings. The van der Waals surface area contributed by atoms with E-state index >= 15 is 0 Å². The molecule has 3 aromatic carbocycles. The minimum atomic E-state index is -4.22. The summed E-state index contributed by atoms with van der Waals surface area (Å²) in [6, 6.07) is 17.0. The SMILES string of the molecule is C=Cc1ccc(OC(=O)CCCNc2ccc3cc(S(=O)(=O)O)ccc3c2)cc1. The number of ether oxygens (including phenoxy) is 1. The normalized spacial score (nSPS) is 11.2. The van der Waals surface area contributed by atoms with Crippen LogP contribution in [-0.4, -0.2) is 25.5 Å². The summed E-state index contributed by atoms with van der Waals surface area (Å²) in [6.45, 7) is 4.26. The number of hydrogen-bond acceptors (Lipinski definition) is 5. The summed E-state index contributed by atoms with van der Waals surface area (Å²) in [7, 11) is -4.22. The molecule has 2 N–H and O–H groups in total. The Kier molecular flexibility index (Phi) is 6.31. The van der Waals surface area contributed by atoms with Crippen molar-refractivity contribution in [2.45, 2.75) is 17.7 Å². The first-order valence-electron chi connectivity index (χ1n) is 9.03. The van der Waals surface area contributed by atoms with Crippen molar-refractivity contribution in [2.75, 3.05) is 11.9 Å². The molecule has 7 heteroatoms. The second-order valence-corrected chi connectivity index (χ2v) is 7.90. The standard InChI is InChI=1S/C22H21NO5S/c1-2-16-5-10-20(11-6-16)28-22(24)4-3-13-23-19-9-7-18-15-21(29(25,26)27)12-8-17(18)14-19/h2,5-12,14-15,23H,1,3-4,13H2,(H,25,26,27). The summed E-state index contributed by atoms with van der Waals surface area (Å²) in [4.78, 5) is 11.8. The van der Waals surface area contributed by atoms with Crippen LogP contribution in [0.2, 0.25) is 0 Å². The molecule has 0 unspecified atom stereocenters. The first-order valence-corrected chi connectivity index (χ1v) is 10.5. The molecule has 0 aliphatic carbocycles. The minimum Gasteiger partial charge on any atom is -0.427 e. The first kappa shape index (κ1) is 20.6. The van der Waals surface area contributed by atoms with Gasteiger partial charge in [-0.1, -0.05) is 36.9 Å². The molecule has 150 valence electrons. The van der Waals surface area contributed by atoms with Crippen LogP contribution in [0.5, 0.6) is 5.75 Å². The summed E-state index contributed by atoms with van der Waals surface area (Å²) in [5.74, 6) is 0.210. The van der Waals surface area contributed by atoms with E-state index in [9.17, 15) is 13.2 Å². The lowest BCUT2D eigenvalue weighted by molar-refractivity contribution is -0.134. The topological polar surface area (TPSA) is 92.7 Å². The number of anilines is 1. The van der Waals surface area contributed by atoms with Gasteiger partial charge in [0, 0.05) is 18.7 Å². The molecule has 0 spiro atoms. The van der Waals surface area contributed by atoms with Gasteiger partial charge in [0.2, 0.25) is 0 Å². The number of esters is 1. The van der Waals surface area contributed by atoms with Gasteiger partial charge in [-0.05, 0) is 59.2 Å². The third kappa shape index (κ3) is 5.66. The molecule has 0 saturated heterocycles. The molecule has 29 heavy (non-hydrogen) atoms. The van der Waals surface area contributed by atoms with Crippen LogP contribution in [0, 0.1) is 0 Å². The molecule has 0 saturated carbocycles. The summed E-state index contributed by atoms with van der Waals surface area (Å²) in [6.07, 6.45) is 2.60. The number of carbonyl (C=O) groups is 1. The quantitative estimate of drug-likeness (QED) is 0.245. The highest BCUT2D eigenvalue weighted by Gasteiger charge is 2.10. The largest absolute Gasteiger partial charge is 0.427 e. The molecule has 0 atom stereocenters. The predicted molar refractivity (Wildman–Crippen MR) is 114 cm³/mol. The second kappa shape index (κ2) is 8.89. The Morgan fingerprint density at radius 3 is 2.41 bits per heavy atom. The Morgan fingerprint density at radius 1 is 1.03 bits per heavy atom. The summed E-state index contributed by atoms with van der Waals surface area (Å²) < 4.78 is 36.9. The number of fused-ring (bicyclic) bond motifs is 1. The van der Waals surface area contributed by atoms with Crippen molar-refractivity contribution in [3.05, 3.63) is 72.8 Å². The second-order valence-electron chi connectivity index (χ2n) is 6.48. The van der Waals surface area contributed by atoms with Gasteiger partial charge in [0.25, 0.3) is 10.1 Å². The van der Waals surface area contributed by atoms with E-state index in [2.05, 4.69) is 11.9 Å². The Morgan fingerprint density at radius 2 is 1.72 bits per heavy atom. The summed E-state index contributed by atoms with van der Waals surface area (Å²) >= 11 is 0. The highest BCUT2D eigenvalue weighted by atomic mass is 32.2. The van der Waals surface area contributed by atoms with Gasteiger partial charge in [0.15, 0.2) is 0 Å². The van der Waals surface area contributed by atoms with E-state index in [1.807, 2.05) is 24.3 Å². The Balaban J connectivity index is 1.50. The molecule has 0 radical (unpaired) electrons. The smallest absolute Gasteiger partial charge is 0.311 e. The first-order chi connectivity index (χ1) is 13.8. The van der Waals surface area contributed by atoms with E-state index in [4.69, 9.17) is 9.29 Å². The minimum absolute atomic E-state index is 0.136. The number of hydrogen-bond donors (Lipinski definition) is 2. The molecular formula is C22H21NO5S. The van der Waals surface area contributed by atoms with Crippen LogP contribution in [0.3, 0.4) is 0 Å². The van der Waals surface area contributed by atoms with Crippen LogP contribution >= 0.6 is 0 Å². The number of rotatable bonds is 8. The number of nitrogens with one attached hydrogen (secondary N) is 1. The molecule has 3 rings (SSSR count). The molecule has 0 aliphatic heterocycles. The fourth-order valence-electron chi connectivity index (χ4n) is 2.81. The van der Waals surface area contributed by atoms with Crippen LogP contribution in [0.4, 0.5) is 5.69 Å².